The zero-order valence-corrected chi connectivity index (χ0v) is 15.0. The van der Waals surface area contributed by atoms with Crippen LogP contribution in [-0.4, -0.2) is 18.7 Å². The molecule has 1 fully saturated rings. The van der Waals surface area contributed by atoms with Gasteiger partial charge in [-0.05, 0) is 38.0 Å². The van der Waals surface area contributed by atoms with Crippen molar-refractivity contribution in [1.29, 1.82) is 0 Å². The lowest BCUT2D eigenvalue weighted by Gasteiger charge is -2.21. The van der Waals surface area contributed by atoms with Crippen molar-refractivity contribution in [2.75, 3.05) is 6.54 Å². The average molecular weight is 322 g/mol. The molecule has 2 aliphatic carbocycles. The fraction of sp³-hybridized carbons (Fsp3) is 0.684. The number of primary amides is 1. The topological polar surface area (TPSA) is 86.2 Å². The minimum atomic E-state index is -0.315. The van der Waals surface area contributed by atoms with Gasteiger partial charge in [-0.1, -0.05) is 51.3 Å². The maximum Gasteiger partial charge on any atom is 0.244 e. The fourth-order valence-electron chi connectivity index (χ4n) is 2.69. The zero-order chi connectivity index (χ0) is 17.7. The summed E-state index contributed by atoms with van der Waals surface area (Å²) in [5.41, 5.74) is 12.5. The van der Waals surface area contributed by atoms with E-state index < -0.39 is 0 Å². The molecule has 0 aliphatic heterocycles. The van der Waals surface area contributed by atoms with Crippen molar-refractivity contribution in [3.63, 3.8) is 0 Å². The summed E-state index contributed by atoms with van der Waals surface area (Å²) in [6, 6.07) is 0. The summed E-state index contributed by atoms with van der Waals surface area (Å²) < 4.78 is 0. The number of hydrogen-bond donors (Lipinski definition) is 2. The first-order valence-corrected chi connectivity index (χ1v) is 8.90. The molecule has 1 saturated carbocycles. The van der Waals surface area contributed by atoms with Gasteiger partial charge < -0.3 is 16.3 Å². The third-order valence-corrected chi connectivity index (χ3v) is 4.30. The number of hydrogen-bond acceptors (Lipinski definition) is 3. The molecule has 0 atom stereocenters. The molecule has 0 unspecified atom stereocenters. The molecule has 4 nitrogen and oxygen atoms in total. The molecule has 0 heterocycles. The maximum absolute atomic E-state index is 10.8. The van der Waals surface area contributed by atoms with E-state index in [4.69, 9.17) is 11.5 Å². The van der Waals surface area contributed by atoms with Crippen LogP contribution in [0.2, 0.25) is 0 Å². The SMILES string of the molecule is CC.CC1CCC(C=O)CC1.NCC1=CC=C(C(N)=O)CCC1. The zero-order valence-electron chi connectivity index (χ0n) is 15.0. The van der Waals surface area contributed by atoms with E-state index in [1.807, 2.05) is 19.9 Å². The Labute approximate surface area is 141 Å². The molecule has 4 N–H and O–H groups in total. The van der Waals surface area contributed by atoms with E-state index in [0.717, 1.165) is 44.3 Å². The van der Waals surface area contributed by atoms with Crippen molar-refractivity contribution >= 4 is 12.2 Å². The van der Waals surface area contributed by atoms with Gasteiger partial charge in [-0.25, -0.2) is 0 Å². The Morgan fingerprint density at radius 1 is 1.17 bits per heavy atom. The van der Waals surface area contributed by atoms with Gasteiger partial charge in [0.15, 0.2) is 0 Å². The largest absolute Gasteiger partial charge is 0.366 e. The molecule has 0 spiro atoms. The van der Waals surface area contributed by atoms with E-state index in [1.54, 1.807) is 6.08 Å². The van der Waals surface area contributed by atoms with Crippen LogP contribution in [0.4, 0.5) is 0 Å². The highest BCUT2D eigenvalue weighted by molar-refractivity contribution is 5.92. The number of rotatable bonds is 3. The van der Waals surface area contributed by atoms with Crippen molar-refractivity contribution in [1.82, 2.24) is 0 Å². The molecule has 132 valence electrons. The van der Waals surface area contributed by atoms with Crippen LogP contribution in [0, 0.1) is 11.8 Å². The summed E-state index contributed by atoms with van der Waals surface area (Å²) in [7, 11) is 0. The highest BCUT2D eigenvalue weighted by atomic mass is 16.1. The molecule has 2 rings (SSSR count). The number of aldehydes is 1. The van der Waals surface area contributed by atoms with Crippen LogP contribution in [0.1, 0.15) is 65.7 Å². The van der Waals surface area contributed by atoms with Crippen molar-refractivity contribution in [3.8, 4) is 0 Å². The summed E-state index contributed by atoms with van der Waals surface area (Å²) in [6.07, 6.45) is 12.3. The van der Waals surface area contributed by atoms with Crippen LogP contribution in [0.3, 0.4) is 0 Å². The predicted molar refractivity (Wildman–Crippen MR) is 96.8 cm³/mol. The highest BCUT2D eigenvalue weighted by Crippen LogP contribution is 2.26. The number of amides is 1. The van der Waals surface area contributed by atoms with Crippen LogP contribution < -0.4 is 11.5 Å². The molecular formula is C19H34N2O2. The molecule has 0 saturated heterocycles. The Balaban J connectivity index is 0.000000392. The van der Waals surface area contributed by atoms with Crippen LogP contribution in [0.25, 0.3) is 0 Å². The molecule has 0 radical (unpaired) electrons. The van der Waals surface area contributed by atoms with Crippen LogP contribution in [0.5, 0.6) is 0 Å². The first kappa shape index (κ1) is 21.6. The molecule has 0 aromatic heterocycles. The Morgan fingerprint density at radius 2 is 1.78 bits per heavy atom. The maximum atomic E-state index is 10.8. The van der Waals surface area contributed by atoms with Gasteiger partial charge in [0.05, 0.1) is 0 Å². The lowest BCUT2D eigenvalue weighted by molar-refractivity contribution is -0.114. The van der Waals surface area contributed by atoms with E-state index in [1.165, 1.54) is 18.4 Å². The van der Waals surface area contributed by atoms with Crippen LogP contribution in [-0.2, 0) is 9.59 Å². The van der Waals surface area contributed by atoms with Gasteiger partial charge in [-0.3, -0.25) is 4.79 Å². The number of carbonyl (C=O) groups excluding carboxylic acids is 2. The third kappa shape index (κ3) is 9.34. The predicted octanol–water partition coefficient (Wildman–Crippen LogP) is 3.50. The van der Waals surface area contributed by atoms with Gasteiger partial charge in [0.25, 0.3) is 0 Å². The first-order chi connectivity index (χ1) is 11.1. The number of nitrogens with two attached hydrogens (primary N) is 2. The Hall–Kier alpha value is -1.42. The van der Waals surface area contributed by atoms with Crippen LogP contribution >= 0.6 is 0 Å². The van der Waals surface area contributed by atoms with Gasteiger partial charge in [-0.2, -0.15) is 0 Å². The van der Waals surface area contributed by atoms with Crippen LogP contribution in [0.15, 0.2) is 23.3 Å². The number of allylic oxidation sites excluding steroid dienone is 2. The van der Waals surface area contributed by atoms with E-state index in [9.17, 15) is 9.59 Å². The molecule has 23 heavy (non-hydrogen) atoms. The summed E-state index contributed by atoms with van der Waals surface area (Å²) in [4.78, 5) is 21.1. The summed E-state index contributed by atoms with van der Waals surface area (Å²) in [5.74, 6) is 0.937. The van der Waals surface area contributed by atoms with Crippen molar-refractivity contribution in [2.24, 2.45) is 23.3 Å². The molecule has 2 aliphatic rings. The van der Waals surface area contributed by atoms with E-state index in [-0.39, 0.29) is 5.91 Å². The van der Waals surface area contributed by atoms with E-state index >= 15 is 0 Å². The molecule has 4 heteroatoms. The minimum Gasteiger partial charge on any atom is -0.366 e. The smallest absolute Gasteiger partial charge is 0.244 e. The monoisotopic (exact) mass is 322 g/mol. The summed E-state index contributed by atoms with van der Waals surface area (Å²) >= 11 is 0. The van der Waals surface area contributed by atoms with Crippen molar-refractivity contribution < 1.29 is 9.59 Å². The second-order valence-corrected chi connectivity index (χ2v) is 6.09. The lowest BCUT2D eigenvalue weighted by atomic mass is 9.84. The van der Waals surface area contributed by atoms with Gasteiger partial charge in [0, 0.05) is 18.0 Å². The Kier molecular flexibility index (Phi) is 12.3. The van der Waals surface area contributed by atoms with E-state index in [0.29, 0.717) is 18.0 Å². The van der Waals surface area contributed by atoms with Crippen molar-refractivity contribution in [2.45, 2.75) is 65.7 Å². The number of carbonyl (C=O) groups is 2. The normalized spacial score (nSPS) is 23.7. The molecule has 0 aromatic rings. The van der Waals surface area contributed by atoms with E-state index in [2.05, 4.69) is 6.92 Å². The van der Waals surface area contributed by atoms with Gasteiger partial charge in [0.2, 0.25) is 5.91 Å². The summed E-state index contributed by atoms with van der Waals surface area (Å²) in [5, 5.41) is 0. The quantitative estimate of drug-likeness (QED) is 0.780. The Morgan fingerprint density at radius 3 is 2.26 bits per heavy atom. The highest BCUT2D eigenvalue weighted by Gasteiger charge is 2.16. The fourth-order valence-corrected chi connectivity index (χ4v) is 2.69. The third-order valence-electron chi connectivity index (χ3n) is 4.30. The van der Waals surface area contributed by atoms with Gasteiger partial charge in [0.1, 0.15) is 6.29 Å². The van der Waals surface area contributed by atoms with Gasteiger partial charge >= 0.3 is 0 Å². The van der Waals surface area contributed by atoms with Gasteiger partial charge in [-0.15, -0.1) is 0 Å². The molecule has 0 bridgehead atoms. The standard InChI is InChI=1S/C9H14N2O.C8H14O.C2H6/c10-6-7-2-1-3-8(5-4-7)9(11)12;1-7-2-4-8(6-9)5-3-7;1-2/h4-5H,1-3,6,10H2,(H2,11,12);6-8H,2-5H2,1H3;1-2H3. The van der Waals surface area contributed by atoms with Crippen molar-refractivity contribution in [3.05, 3.63) is 23.3 Å². The minimum absolute atomic E-state index is 0.315. The average Bonchev–Trinajstić information content (AvgIpc) is 2.84. The Bertz CT molecular complexity index is 406. The second kappa shape index (κ2) is 13.1. The molecular weight excluding hydrogens is 288 g/mol. The molecule has 1 amide bonds. The first-order valence-electron chi connectivity index (χ1n) is 8.90. The summed E-state index contributed by atoms with van der Waals surface area (Å²) in [6.45, 7) is 6.84. The molecule has 0 aromatic carbocycles. The second-order valence-electron chi connectivity index (χ2n) is 6.09. The lowest BCUT2D eigenvalue weighted by Crippen LogP contribution is -2.13.